The molecule has 0 aliphatic carbocycles. The molecule has 0 saturated carbocycles. The second-order valence-electron chi connectivity index (χ2n) is 4.78. The molecule has 0 amide bonds. The fourth-order valence-electron chi connectivity index (χ4n) is 2.24. The number of rotatable bonds is 2. The number of anilines is 1. The molecule has 17 heavy (non-hydrogen) atoms. The van der Waals surface area contributed by atoms with Gasteiger partial charge in [-0.15, -0.1) is 0 Å². The van der Waals surface area contributed by atoms with Crippen molar-refractivity contribution < 1.29 is 0 Å². The van der Waals surface area contributed by atoms with Gasteiger partial charge in [-0.1, -0.05) is 0 Å². The lowest BCUT2D eigenvalue weighted by atomic mass is 10.2. The molecule has 1 aromatic rings. The first-order valence-corrected chi connectivity index (χ1v) is 6.20. The normalized spacial score (nSPS) is 17.2. The predicted molar refractivity (Wildman–Crippen MR) is 70.1 cm³/mol. The van der Waals surface area contributed by atoms with Gasteiger partial charge in [-0.3, -0.25) is 4.90 Å². The number of nitrogens with zero attached hydrogens (tertiary/aromatic N) is 3. The third kappa shape index (κ3) is 2.78. The van der Waals surface area contributed by atoms with Crippen LogP contribution in [0.4, 0.5) is 5.69 Å². The highest BCUT2D eigenvalue weighted by molar-refractivity contribution is 5.50. The van der Waals surface area contributed by atoms with Crippen molar-refractivity contribution in [1.29, 1.82) is 5.26 Å². The molecule has 0 bridgehead atoms. The Morgan fingerprint density at radius 3 is 2.12 bits per heavy atom. The van der Waals surface area contributed by atoms with Crippen LogP contribution in [0, 0.1) is 11.3 Å². The van der Waals surface area contributed by atoms with Crippen LogP contribution in [0.1, 0.15) is 19.4 Å². The molecular weight excluding hydrogens is 210 g/mol. The quantitative estimate of drug-likeness (QED) is 0.778. The number of hydrogen-bond donors (Lipinski definition) is 0. The minimum absolute atomic E-state index is 0.637. The van der Waals surface area contributed by atoms with Crippen LogP contribution in [0.15, 0.2) is 24.3 Å². The van der Waals surface area contributed by atoms with Gasteiger partial charge in [0.25, 0.3) is 0 Å². The molecule has 0 spiro atoms. The van der Waals surface area contributed by atoms with Gasteiger partial charge in [0.2, 0.25) is 0 Å². The Labute approximate surface area is 103 Å². The Morgan fingerprint density at radius 2 is 1.65 bits per heavy atom. The van der Waals surface area contributed by atoms with Gasteiger partial charge in [-0.05, 0) is 38.1 Å². The van der Waals surface area contributed by atoms with E-state index >= 15 is 0 Å². The van der Waals surface area contributed by atoms with Crippen molar-refractivity contribution in [3.05, 3.63) is 29.8 Å². The lowest BCUT2D eigenvalue weighted by Crippen LogP contribution is -2.48. The molecule has 0 aromatic heterocycles. The van der Waals surface area contributed by atoms with E-state index in [9.17, 15) is 0 Å². The van der Waals surface area contributed by atoms with Gasteiger partial charge in [0.15, 0.2) is 0 Å². The van der Waals surface area contributed by atoms with E-state index in [1.807, 2.05) is 24.3 Å². The van der Waals surface area contributed by atoms with Crippen LogP contribution >= 0.6 is 0 Å². The van der Waals surface area contributed by atoms with E-state index in [1.165, 1.54) is 5.69 Å². The van der Waals surface area contributed by atoms with Crippen LogP contribution in [0.25, 0.3) is 0 Å². The maximum Gasteiger partial charge on any atom is 0.0991 e. The first kappa shape index (κ1) is 11.9. The third-order valence-electron chi connectivity index (χ3n) is 3.41. The summed E-state index contributed by atoms with van der Waals surface area (Å²) in [4.78, 5) is 4.89. The molecule has 1 aromatic carbocycles. The van der Waals surface area contributed by atoms with E-state index in [0.29, 0.717) is 6.04 Å². The molecule has 0 N–H and O–H groups in total. The van der Waals surface area contributed by atoms with E-state index < -0.39 is 0 Å². The van der Waals surface area contributed by atoms with E-state index in [4.69, 9.17) is 5.26 Å². The van der Waals surface area contributed by atoms with Crippen LogP contribution in [0.2, 0.25) is 0 Å². The number of hydrogen-bond acceptors (Lipinski definition) is 3. The minimum Gasteiger partial charge on any atom is -0.369 e. The summed E-state index contributed by atoms with van der Waals surface area (Å²) in [5.74, 6) is 0. The smallest absolute Gasteiger partial charge is 0.0991 e. The molecule has 3 heteroatoms. The van der Waals surface area contributed by atoms with Crippen molar-refractivity contribution in [3.8, 4) is 6.07 Å². The van der Waals surface area contributed by atoms with Gasteiger partial charge < -0.3 is 4.90 Å². The summed E-state index contributed by atoms with van der Waals surface area (Å²) in [6.07, 6.45) is 0. The number of benzene rings is 1. The fourth-order valence-corrected chi connectivity index (χ4v) is 2.24. The van der Waals surface area contributed by atoms with E-state index in [2.05, 4.69) is 29.7 Å². The molecular formula is C14H19N3. The van der Waals surface area contributed by atoms with Crippen molar-refractivity contribution in [2.45, 2.75) is 19.9 Å². The molecule has 1 fully saturated rings. The summed E-state index contributed by atoms with van der Waals surface area (Å²) < 4.78 is 0. The average Bonchev–Trinajstić information content (AvgIpc) is 2.39. The number of piperazine rings is 1. The van der Waals surface area contributed by atoms with Crippen molar-refractivity contribution in [1.82, 2.24) is 4.90 Å². The highest BCUT2D eigenvalue weighted by Crippen LogP contribution is 2.17. The summed E-state index contributed by atoms with van der Waals surface area (Å²) in [6, 6.07) is 10.7. The average molecular weight is 229 g/mol. The molecule has 2 rings (SSSR count). The molecule has 1 saturated heterocycles. The molecule has 3 nitrogen and oxygen atoms in total. The fraction of sp³-hybridized carbons (Fsp3) is 0.500. The zero-order valence-corrected chi connectivity index (χ0v) is 10.6. The minimum atomic E-state index is 0.637. The van der Waals surface area contributed by atoms with Crippen LogP contribution in [-0.4, -0.2) is 37.1 Å². The van der Waals surface area contributed by atoms with Gasteiger partial charge in [0.1, 0.15) is 0 Å². The molecule has 0 radical (unpaired) electrons. The Hall–Kier alpha value is -1.53. The first-order valence-electron chi connectivity index (χ1n) is 6.20. The SMILES string of the molecule is CC(C)N1CCN(c2ccc(C#N)cc2)CC1. The highest BCUT2D eigenvalue weighted by Gasteiger charge is 2.18. The molecule has 0 unspecified atom stereocenters. The Morgan fingerprint density at radius 1 is 1.06 bits per heavy atom. The lowest BCUT2D eigenvalue weighted by molar-refractivity contribution is 0.209. The van der Waals surface area contributed by atoms with Crippen molar-refractivity contribution >= 4 is 5.69 Å². The molecule has 1 heterocycles. The monoisotopic (exact) mass is 229 g/mol. The molecule has 1 aliphatic heterocycles. The Kier molecular flexibility index (Phi) is 3.65. The topological polar surface area (TPSA) is 30.3 Å². The summed E-state index contributed by atoms with van der Waals surface area (Å²) >= 11 is 0. The maximum absolute atomic E-state index is 8.76. The van der Waals surface area contributed by atoms with Crippen molar-refractivity contribution in [3.63, 3.8) is 0 Å². The molecule has 1 aliphatic rings. The van der Waals surface area contributed by atoms with E-state index in [-0.39, 0.29) is 0 Å². The zero-order valence-electron chi connectivity index (χ0n) is 10.6. The van der Waals surface area contributed by atoms with Gasteiger partial charge in [0, 0.05) is 37.9 Å². The number of nitriles is 1. The van der Waals surface area contributed by atoms with Gasteiger partial charge in [0.05, 0.1) is 11.6 Å². The lowest BCUT2D eigenvalue weighted by Gasteiger charge is -2.38. The summed E-state index contributed by atoms with van der Waals surface area (Å²) in [7, 11) is 0. The van der Waals surface area contributed by atoms with Crippen LogP contribution in [0.3, 0.4) is 0 Å². The molecule has 0 atom stereocenters. The van der Waals surface area contributed by atoms with E-state index in [0.717, 1.165) is 31.7 Å². The highest BCUT2D eigenvalue weighted by atomic mass is 15.3. The third-order valence-corrected chi connectivity index (χ3v) is 3.41. The maximum atomic E-state index is 8.76. The van der Waals surface area contributed by atoms with E-state index in [1.54, 1.807) is 0 Å². The standard InChI is InChI=1S/C14H19N3/c1-12(2)16-7-9-17(10-8-16)14-5-3-13(11-15)4-6-14/h3-6,12H,7-10H2,1-2H3. The Balaban J connectivity index is 1.98. The summed E-state index contributed by atoms with van der Waals surface area (Å²) in [5, 5.41) is 8.76. The second-order valence-corrected chi connectivity index (χ2v) is 4.78. The van der Waals surface area contributed by atoms with Crippen molar-refractivity contribution in [2.24, 2.45) is 0 Å². The predicted octanol–water partition coefficient (Wildman–Crippen LogP) is 2.09. The first-order chi connectivity index (χ1) is 8.20. The second kappa shape index (κ2) is 5.20. The zero-order chi connectivity index (χ0) is 12.3. The largest absolute Gasteiger partial charge is 0.369 e. The van der Waals surface area contributed by atoms with Gasteiger partial charge in [-0.25, -0.2) is 0 Å². The Bertz CT molecular complexity index is 394. The van der Waals surface area contributed by atoms with Crippen LogP contribution in [0.5, 0.6) is 0 Å². The van der Waals surface area contributed by atoms with Crippen molar-refractivity contribution in [2.75, 3.05) is 31.1 Å². The summed E-state index contributed by atoms with van der Waals surface area (Å²) in [6.45, 7) is 8.89. The molecule has 90 valence electrons. The summed E-state index contributed by atoms with van der Waals surface area (Å²) in [5.41, 5.74) is 1.96. The van der Waals surface area contributed by atoms with Crippen LogP contribution < -0.4 is 4.90 Å². The van der Waals surface area contributed by atoms with Gasteiger partial charge in [-0.2, -0.15) is 5.26 Å². The van der Waals surface area contributed by atoms with Crippen LogP contribution in [-0.2, 0) is 0 Å². The van der Waals surface area contributed by atoms with Gasteiger partial charge >= 0.3 is 0 Å².